The Labute approximate surface area is 555 Å². The first-order chi connectivity index (χ1) is 45.1. The fourth-order valence-corrected chi connectivity index (χ4v) is 13.2. The number of hydrogen-bond acceptors (Lipinski definition) is 20. The molecule has 27 heteroatoms. The summed E-state index contributed by atoms with van der Waals surface area (Å²) in [5, 5.41) is 70.8. The Hall–Kier alpha value is -8.89. The molecule has 2 bridgehead atoms. The van der Waals surface area contributed by atoms with Crippen molar-refractivity contribution >= 4 is 71.2 Å². The van der Waals surface area contributed by atoms with Crippen molar-refractivity contribution in [2.24, 2.45) is 27.9 Å². The van der Waals surface area contributed by atoms with E-state index in [4.69, 9.17) is 29.4 Å². The second-order valence-electron chi connectivity index (χ2n) is 26.7. The lowest BCUT2D eigenvalue weighted by atomic mass is 9.44. The van der Waals surface area contributed by atoms with Crippen LogP contribution in [-0.4, -0.2) is 176 Å². The van der Waals surface area contributed by atoms with Gasteiger partial charge in [0.1, 0.15) is 53.9 Å². The number of rotatable bonds is 28. The predicted octanol–water partition coefficient (Wildman–Crippen LogP) is 2.84. The largest absolute Gasteiger partial charge is 0.508 e. The zero-order chi connectivity index (χ0) is 70.8. The summed E-state index contributed by atoms with van der Waals surface area (Å²) in [7, 11) is 0. The SMILES string of the molecule is CC(=O)O[C@@]12CO[C@@H]1C[C@H](O)[C@@]1(C)C(=O)[C@H](O)C3=C(C)[C@@H](OC(=O)[C@H](OCCC(=O)NCCCC[C@H](NC(=O)CC[C@@H](NC(=O)[C@H](C)NC(=O)/C=C/c4ccc(O)cc4)C(N)=O)C(=O)O)[C@@H](NC(=O)C(C)(C)C)c4ccccc4)C[C@@](O)([C@@H](OC(=O)c4ccccc4)[C@H]21)C3(C)C. The average molecular weight is 1340 g/mol. The van der Waals surface area contributed by atoms with Crippen molar-refractivity contribution in [3.8, 4) is 5.75 Å². The number of fused-ring (bicyclic) bond motifs is 5. The molecule has 6 amide bonds. The molecule has 3 aliphatic carbocycles. The molecule has 14 atom stereocenters. The highest BCUT2D eigenvalue weighted by atomic mass is 16.6. The number of benzene rings is 3. The summed E-state index contributed by atoms with van der Waals surface area (Å²) < 4.78 is 31.1. The Bertz CT molecular complexity index is 3460. The van der Waals surface area contributed by atoms with Gasteiger partial charge in [0.25, 0.3) is 0 Å². The first-order valence-corrected chi connectivity index (χ1v) is 31.8. The van der Waals surface area contributed by atoms with Crippen LogP contribution in [0.1, 0.15) is 141 Å². The van der Waals surface area contributed by atoms with E-state index in [1.165, 1.54) is 65.0 Å². The Morgan fingerprint density at radius 3 is 2.05 bits per heavy atom. The number of nitrogens with one attached hydrogen (secondary N) is 5. The molecule has 0 unspecified atom stereocenters. The van der Waals surface area contributed by atoms with Crippen LogP contribution in [0.15, 0.2) is 102 Å². The zero-order valence-corrected chi connectivity index (χ0v) is 55.2. The van der Waals surface area contributed by atoms with Gasteiger partial charge in [-0.25, -0.2) is 14.4 Å². The molecule has 96 heavy (non-hydrogen) atoms. The van der Waals surface area contributed by atoms with Crippen molar-refractivity contribution in [1.29, 1.82) is 0 Å². The number of ether oxygens (including phenoxy) is 5. The molecular weight excluding hydrogens is 1250 g/mol. The normalized spacial score (nSPS) is 25.8. The molecular formula is C69H88N6O21. The number of amides is 6. The molecule has 1 saturated heterocycles. The molecule has 3 aromatic rings. The van der Waals surface area contributed by atoms with Crippen molar-refractivity contribution in [1.82, 2.24) is 26.6 Å². The average Bonchev–Trinajstić information content (AvgIpc) is 0.671. The minimum absolute atomic E-state index is 0.0198. The molecule has 12 N–H and O–H groups in total. The van der Waals surface area contributed by atoms with Crippen molar-refractivity contribution in [3.63, 3.8) is 0 Å². The Kier molecular flexibility index (Phi) is 24.0. The number of aliphatic hydroxyl groups is 3. The van der Waals surface area contributed by atoms with Gasteiger partial charge < -0.3 is 81.5 Å². The number of primary amides is 1. The maximum absolute atomic E-state index is 15.4. The van der Waals surface area contributed by atoms with Crippen LogP contribution in [0.4, 0.5) is 0 Å². The number of aliphatic hydroxyl groups excluding tert-OH is 2. The second-order valence-corrected chi connectivity index (χ2v) is 26.7. The smallest absolute Gasteiger partial charge is 0.338 e. The highest BCUT2D eigenvalue weighted by molar-refractivity contribution is 5.97. The van der Waals surface area contributed by atoms with Crippen LogP contribution in [-0.2, 0) is 71.6 Å². The van der Waals surface area contributed by atoms with Crippen molar-refractivity contribution < 1.29 is 102 Å². The molecule has 520 valence electrons. The fraction of sp³-hybridized carbons (Fsp3) is 0.522. The molecule has 27 nitrogen and oxygen atoms in total. The van der Waals surface area contributed by atoms with Crippen molar-refractivity contribution in [2.75, 3.05) is 19.8 Å². The van der Waals surface area contributed by atoms with Crippen molar-refractivity contribution in [3.05, 3.63) is 119 Å². The number of nitrogens with two attached hydrogens (primary N) is 1. The molecule has 0 aromatic heterocycles. The maximum atomic E-state index is 15.4. The van der Waals surface area contributed by atoms with E-state index in [2.05, 4.69) is 26.6 Å². The number of esters is 3. The lowest BCUT2D eigenvalue weighted by molar-refractivity contribution is -0.346. The third-order valence-corrected chi connectivity index (χ3v) is 18.7. The summed E-state index contributed by atoms with van der Waals surface area (Å²) in [5.41, 5.74) is -2.70. The van der Waals surface area contributed by atoms with E-state index in [1.54, 1.807) is 81.4 Å². The molecule has 4 aliphatic rings. The third kappa shape index (κ3) is 16.7. The van der Waals surface area contributed by atoms with Gasteiger partial charge in [0.15, 0.2) is 17.5 Å². The molecule has 3 aromatic carbocycles. The molecule has 0 spiro atoms. The molecule has 1 aliphatic heterocycles. The van der Waals surface area contributed by atoms with Gasteiger partial charge in [-0.05, 0) is 99.1 Å². The molecule has 2 saturated carbocycles. The Morgan fingerprint density at radius 2 is 1.46 bits per heavy atom. The topological polar surface area (TPSA) is 421 Å². The van der Waals surface area contributed by atoms with Gasteiger partial charge in [0.05, 0.1) is 42.3 Å². The highest BCUT2D eigenvalue weighted by Gasteiger charge is 2.78. The van der Waals surface area contributed by atoms with Crippen LogP contribution in [0, 0.1) is 22.2 Å². The van der Waals surface area contributed by atoms with Gasteiger partial charge in [-0.15, -0.1) is 0 Å². The van der Waals surface area contributed by atoms with Crippen LogP contribution in [0.2, 0.25) is 0 Å². The number of ketones is 1. The number of carbonyl (C=O) groups is 11. The van der Waals surface area contributed by atoms with Crippen LogP contribution in [0.3, 0.4) is 0 Å². The van der Waals surface area contributed by atoms with Gasteiger partial charge >= 0.3 is 23.9 Å². The van der Waals surface area contributed by atoms with Gasteiger partial charge in [0.2, 0.25) is 35.4 Å². The number of carboxylic acid groups (broad SMARTS) is 1. The van der Waals surface area contributed by atoms with Gasteiger partial charge in [-0.2, -0.15) is 0 Å². The fourth-order valence-electron chi connectivity index (χ4n) is 13.2. The molecule has 0 radical (unpaired) electrons. The van der Waals surface area contributed by atoms with Gasteiger partial charge in [0, 0.05) is 56.1 Å². The Morgan fingerprint density at radius 1 is 0.812 bits per heavy atom. The maximum Gasteiger partial charge on any atom is 0.338 e. The van der Waals surface area contributed by atoms with E-state index in [0.29, 0.717) is 11.1 Å². The van der Waals surface area contributed by atoms with Crippen LogP contribution >= 0.6 is 0 Å². The zero-order valence-electron chi connectivity index (χ0n) is 55.2. The van der Waals surface area contributed by atoms with Crippen LogP contribution in [0.25, 0.3) is 6.08 Å². The highest BCUT2D eigenvalue weighted by Crippen LogP contribution is 2.64. The predicted molar refractivity (Wildman–Crippen MR) is 342 cm³/mol. The summed E-state index contributed by atoms with van der Waals surface area (Å²) in [5.74, 6) is -11.2. The summed E-state index contributed by atoms with van der Waals surface area (Å²) in [6, 6.07) is 16.7. The molecule has 7 rings (SSSR count). The summed E-state index contributed by atoms with van der Waals surface area (Å²) in [6.07, 6.45) is -9.08. The van der Waals surface area contributed by atoms with Crippen molar-refractivity contribution in [2.45, 2.75) is 186 Å². The first kappa shape index (κ1) is 74.5. The summed E-state index contributed by atoms with van der Waals surface area (Å²) in [4.78, 5) is 149. The number of phenols is 1. The number of hydrogen-bond donors (Lipinski definition) is 11. The standard InChI is InChI=1S/C69H88N6O21/c1-37-46(35-69(91)58(95-62(88)42-20-14-11-15-21-42)56-67(9,57(83)54(82)52(37)66(69,7)8)47(78)34-48-68(56,36-93-48)96-39(3)76)94-63(89)55(53(41-18-12-10-13-19-41)75-64(90)65(4,5)6)92-33-31-49(79)71-32-17-16-22-45(61(86)87)73-51(81)30-28-44(59(70)84)74-60(85)38(2)72-50(80)29-25-40-23-26-43(77)27-24-40/h10-15,18-21,23-27,29,38,44-48,53-56,58,77-78,82,91H,16-17,22,28,30-36H2,1-9H3,(H2,70,84)(H,71,79)(H,72,80)(H,73,81)(H,74,85)(H,75,90)(H,86,87)/b29-25+/t38-,44+,45-,46-,47-,48+,53-,54+,55+,56-,58-,67+,68-,69+/m0/s1. The lowest BCUT2D eigenvalue weighted by Gasteiger charge is -2.67. The van der Waals surface area contributed by atoms with Crippen LogP contribution < -0.4 is 32.3 Å². The van der Waals surface area contributed by atoms with E-state index in [1.807, 2.05) is 0 Å². The number of carboxylic acids is 1. The second kappa shape index (κ2) is 30.9. The number of Topliss-reactive ketones (excluding diaryl/α,β-unsaturated/α-hetero) is 1. The number of aliphatic carboxylic acids is 1. The molecule has 1 heterocycles. The van der Waals surface area contributed by atoms with E-state index in [9.17, 15) is 68.7 Å². The van der Waals surface area contributed by atoms with Gasteiger partial charge in [-0.3, -0.25) is 38.4 Å². The number of aromatic hydroxyl groups is 1. The van der Waals surface area contributed by atoms with E-state index < -0.39 is 179 Å². The first-order valence-electron chi connectivity index (χ1n) is 31.8. The Balaban J connectivity index is 1.04. The molecule has 3 fully saturated rings. The summed E-state index contributed by atoms with van der Waals surface area (Å²) >= 11 is 0. The lowest BCUT2D eigenvalue weighted by Crippen LogP contribution is -2.81. The van der Waals surface area contributed by atoms with E-state index in [-0.39, 0.29) is 74.1 Å². The monoisotopic (exact) mass is 1340 g/mol. The minimum Gasteiger partial charge on any atom is -0.508 e. The number of phenolic OH excluding ortho intramolecular Hbond substituents is 1. The quantitative estimate of drug-likeness (QED) is 0.0164. The number of unbranched alkanes of at least 4 members (excludes halogenated alkanes) is 1. The third-order valence-electron chi connectivity index (χ3n) is 18.7. The van der Waals surface area contributed by atoms with E-state index >= 15 is 9.59 Å². The van der Waals surface area contributed by atoms with E-state index in [0.717, 1.165) is 13.0 Å². The van der Waals surface area contributed by atoms with Crippen LogP contribution in [0.5, 0.6) is 5.75 Å². The summed E-state index contributed by atoms with van der Waals surface area (Å²) in [6.45, 7) is 12.5. The van der Waals surface area contributed by atoms with Gasteiger partial charge in [-0.1, -0.05) is 95.3 Å². The minimum atomic E-state index is -2.47. The number of carbonyl (C=O) groups excluding carboxylic acids is 10.